The molecule has 0 bridgehead atoms. The molecular weight excluding hydrogens is 150 g/mol. The first-order valence-electron chi connectivity index (χ1n) is 4.58. The molecule has 1 amide bonds. The fourth-order valence-corrected chi connectivity index (χ4v) is 1.21. The van der Waals surface area contributed by atoms with E-state index < -0.39 is 0 Å². The zero-order valence-corrected chi connectivity index (χ0v) is 7.84. The summed E-state index contributed by atoms with van der Waals surface area (Å²) in [7, 11) is 0. The molecule has 0 radical (unpaired) electrons. The number of rotatable bonds is 4. The smallest absolute Gasteiger partial charge is 0.227 e. The Morgan fingerprint density at radius 3 is 2.50 bits per heavy atom. The Labute approximate surface area is 74.0 Å². The molecule has 2 nitrogen and oxygen atoms in total. The summed E-state index contributed by atoms with van der Waals surface area (Å²) in [5, 5.41) is 2.98. The molecule has 0 spiro atoms. The molecule has 0 heterocycles. The van der Waals surface area contributed by atoms with Gasteiger partial charge < -0.3 is 5.32 Å². The van der Waals surface area contributed by atoms with Gasteiger partial charge in [0, 0.05) is 6.04 Å². The molecule has 1 aliphatic carbocycles. The van der Waals surface area contributed by atoms with Gasteiger partial charge in [0.25, 0.3) is 0 Å². The van der Waals surface area contributed by atoms with Gasteiger partial charge in [-0.15, -0.1) is 6.58 Å². The van der Waals surface area contributed by atoms with Crippen LogP contribution >= 0.6 is 0 Å². The second kappa shape index (κ2) is 3.74. The average molecular weight is 167 g/mol. The third-order valence-corrected chi connectivity index (χ3v) is 2.20. The van der Waals surface area contributed by atoms with Crippen molar-refractivity contribution in [1.29, 1.82) is 0 Å². The van der Waals surface area contributed by atoms with E-state index >= 15 is 0 Å². The van der Waals surface area contributed by atoms with Crippen molar-refractivity contribution in [3.63, 3.8) is 0 Å². The van der Waals surface area contributed by atoms with Gasteiger partial charge in [0.1, 0.15) is 0 Å². The summed E-state index contributed by atoms with van der Waals surface area (Å²) in [5.74, 6) is 0.467. The van der Waals surface area contributed by atoms with Crippen LogP contribution < -0.4 is 5.32 Å². The van der Waals surface area contributed by atoms with Crippen LogP contribution in [0.25, 0.3) is 0 Å². The zero-order chi connectivity index (χ0) is 9.14. The minimum absolute atomic E-state index is 0.0226. The fraction of sp³-hybridized carbons (Fsp3) is 0.700. The Morgan fingerprint density at radius 2 is 2.17 bits per heavy atom. The normalized spacial score (nSPS) is 18.9. The van der Waals surface area contributed by atoms with Crippen LogP contribution in [0.15, 0.2) is 12.7 Å². The maximum absolute atomic E-state index is 11.5. The highest BCUT2D eigenvalue weighted by molar-refractivity contribution is 5.81. The summed E-state index contributed by atoms with van der Waals surface area (Å²) in [6.07, 6.45) is 4.03. The predicted octanol–water partition coefficient (Wildman–Crippen LogP) is 1.72. The van der Waals surface area contributed by atoms with Gasteiger partial charge in [-0.1, -0.05) is 19.9 Å². The van der Waals surface area contributed by atoms with Crippen molar-refractivity contribution in [3.8, 4) is 0 Å². The quantitative estimate of drug-likeness (QED) is 0.635. The molecule has 0 aromatic rings. The largest absolute Gasteiger partial charge is 0.353 e. The third-order valence-electron chi connectivity index (χ3n) is 2.20. The van der Waals surface area contributed by atoms with E-state index in [1.165, 1.54) is 0 Å². The molecule has 1 rings (SSSR count). The molecule has 0 saturated heterocycles. The number of hydrogen-bond acceptors (Lipinski definition) is 1. The number of hydrogen-bond donors (Lipinski definition) is 1. The number of carbonyl (C=O) groups excluding carboxylic acids is 1. The lowest BCUT2D eigenvalue weighted by Gasteiger charge is -2.15. The van der Waals surface area contributed by atoms with Crippen LogP contribution in [0.3, 0.4) is 0 Å². The fourth-order valence-electron chi connectivity index (χ4n) is 1.21. The molecule has 1 fully saturated rings. The van der Waals surface area contributed by atoms with Crippen molar-refractivity contribution in [2.24, 2.45) is 11.8 Å². The first kappa shape index (κ1) is 9.30. The molecule has 12 heavy (non-hydrogen) atoms. The van der Waals surface area contributed by atoms with Gasteiger partial charge in [-0.25, -0.2) is 0 Å². The van der Waals surface area contributed by atoms with Gasteiger partial charge in [0.05, 0.1) is 5.92 Å². The zero-order valence-electron chi connectivity index (χ0n) is 7.84. The lowest BCUT2D eigenvalue weighted by atomic mass is 9.95. The van der Waals surface area contributed by atoms with E-state index in [1.54, 1.807) is 6.08 Å². The molecular formula is C10H17NO. The Kier molecular flexibility index (Phi) is 2.90. The highest BCUT2D eigenvalue weighted by atomic mass is 16.2. The van der Waals surface area contributed by atoms with Gasteiger partial charge in [-0.05, 0) is 18.8 Å². The molecule has 1 saturated carbocycles. The second-order valence-corrected chi connectivity index (χ2v) is 3.79. The maximum Gasteiger partial charge on any atom is 0.227 e. The second-order valence-electron chi connectivity index (χ2n) is 3.79. The van der Waals surface area contributed by atoms with E-state index in [1.807, 2.05) is 13.8 Å². The lowest BCUT2D eigenvalue weighted by Crippen LogP contribution is -2.33. The van der Waals surface area contributed by atoms with Gasteiger partial charge in [0.15, 0.2) is 0 Å². The topological polar surface area (TPSA) is 29.1 Å². The third kappa shape index (κ3) is 2.36. The van der Waals surface area contributed by atoms with Crippen molar-refractivity contribution in [2.75, 3.05) is 0 Å². The summed E-state index contributed by atoms with van der Waals surface area (Å²) < 4.78 is 0. The van der Waals surface area contributed by atoms with E-state index in [0.717, 1.165) is 12.8 Å². The van der Waals surface area contributed by atoms with Crippen LogP contribution in [-0.2, 0) is 4.79 Å². The van der Waals surface area contributed by atoms with E-state index in [0.29, 0.717) is 12.0 Å². The van der Waals surface area contributed by atoms with Gasteiger partial charge in [-0.2, -0.15) is 0 Å². The molecule has 1 N–H and O–H groups in total. The molecule has 68 valence electrons. The van der Waals surface area contributed by atoms with Crippen molar-refractivity contribution >= 4 is 5.91 Å². The molecule has 1 atom stereocenters. The van der Waals surface area contributed by atoms with Crippen LogP contribution in [0, 0.1) is 11.8 Å². The molecule has 0 aromatic heterocycles. The minimum atomic E-state index is -0.0226. The average Bonchev–Trinajstić information content (AvgIpc) is 2.71. The standard InChI is InChI=1S/C10H17NO/c1-4-9(7(2)3)10(12)11-8-5-6-8/h4,7-9H,1,5-6H2,2-3H3,(H,11,12). The predicted molar refractivity (Wildman–Crippen MR) is 49.7 cm³/mol. The highest BCUT2D eigenvalue weighted by Crippen LogP contribution is 2.20. The number of nitrogens with one attached hydrogen (secondary N) is 1. The first-order chi connectivity index (χ1) is 5.65. The first-order valence-corrected chi connectivity index (χ1v) is 4.58. The van der Waals surface area contributed by atoms with Crippen LogP contribution in [0.4, 0.5) is 0 Å². The van der Waals surface area contributed by atoms with E-state index in [9.17, 15) is 4.79 Å². The van der Waals surface area contributed by atoms with Crippen LogP contribution in [0.2, 0.25) is 0 Å². The maximum atomic E-state index is 11.5. The Morgan fingerprint density at radius 1 is 1.58 bits per heavy atom. The summed E-state index contributed by atoms with van der Waals surface area (Å²) in [4.78, 5) is 11.5. The van der Waals surface area contributed by atoms with Crippen LogP contribution in [0.5, 0.6) is 0 Å². The van der Waals surface area contributed by atoms with Crippen molar-refractivity contribution in [1.82, 2.24) is 5.32 Å². The van der Waals surface area contributed by atoms with Crippen molar-refractivity contribution in [2.45, 2.75) is 32.7 Å². The summed E-state index contributed by atoms with van der Waals surface area (Å²) in [5.41, 5.74) is 0. The minimum Gasteiger partial charge on any atom is -0.353 e. The van der Waals surface area contributed by atoms with Crippen LogP contribution in [0.1, 0.15) is 26.7 Å². The molecule has 0 aliphatic heterocycles. The highest BCUT2D eigenvalue weighted by Gasteiger charge is 2.27. The molecule has 1 unspecified atom stereocenters. The summed E-state index contributed by atoms with van der Waals surface area (Å²) in [6.45, 7) is 7.75. The Balaban J connectivity index is 2.40. The van der Waals surface area contributed by atoms with Gasteiger partial charge in [-0.3, -0.25) is 4.79 Å². The number of carbonyl (C=O) groups is 1. The summed E-state index contributed by atoms with van der Waals surface area (Å²) >= 11 is 0. The molecule has 0 aromatic carbocycles. The van der Waals surface area contributed by atoms with Gasteiger partial charge in [0.2, 0.25) is 5.91 Å². The molecule has 1 aliphatic rings. The Hall–Kier alpha value is -0.790. The SMILES string of the molecule is C=CC(C(=O)NC1CC1)C(C)C. The van der Waals surface area contributed by atoms with Crippen LogP contribution in [-0.4, -0.2) is 11.9 Å². The van der Waals surface area contributed by atoms with E-state index in [-0.39, 0.29) is 11.8 Å². The Bertz CT molecular complexity index is 182. The van der Waals surface area contributed by atoms with E-state index in [4.69, 9.17) is 0 Å². The number of amides is 1. The molecule has 2 heteroatoms. The van der Waals surface area contributed by atoms with Gasteiger partial charge >= 0.3 is 0 Å². The van der Waals surface area contributed by atoms with Crippen molar-refractivity contribution in [3.05, 3.63) is 12.7 Å². The van der Waals surface area contributed by atoms with E-state index in [2.05, 4.69) is 11.9 Å². The monoisotopic (exact) mass is 167 g/mol. The summed E-state index contributed by atoms with van der Waals surface area (Å²) in [6, 6.07) is 0.457. The van der Waals surface area contributed by atoms with Crippen molar-refractivity contribution < 1.29 is 4.79 Å². The lowest BCUT2D eigenvalue weighted by molar-refractivity contribution is -0.124.